The lowest BCUT2D eigenvalue weighted by Crippen LogP contribution is -2.09. The van der Waals surface area contributed by atoms with E-state index >= 15 is 0 Å². The average molecular weight is 281 g/mol. The zero-order chi connectivity index (χ0) is 14.7. The number of benzene rings is 1. The number of hydrogen-bond acceptors (Lipinski definition) is 3. The Morgan fingerprint density at radius 2 is 2.00 bits per heavy atom. The zero-order valence-corrected chi connectivity index (χ0v) is 11.6. The van der Waals surface area contributed by atoms with Gasteiger partial charge < -0.3 is 9.30 Å². The van der Waals surface area contributed by atoms with Crippen LogP contribution < -0.4 is 0 Å². The molecule has 0 spiro atoms. The van der Waals surface area contributed by atoms with Gasteiger partial charge in [0.2, 0.25) is 0 Å². The van der Waals surface area contributed by atoms with E-state index in [0.29, 0.717) is 5.69 Å². The topological polar surface area (TPSA) is 49.1 Å². The van der Waals surface area contributed by atoms with Gasteiger partial charge in [-0.3, -0.25) is 0 Å². The second kappa shape index (κ2) is 5.66. The highest BCUT2D eigenvalue weighted by molar-refractivity contribution is 5.87. The summed E-state index contributed by atoms with van der Waals surface area (Å²) in [4.78, 5) is 11.9. The first kappa shape index (κ1) is 13.2. The van der Waals surface area contributed by atoms with Crippen LogP contribution in [0.25, 0.3) is 5.69 Å². The SMILES string of the molecule is Cn1cccc1C(=O)OCc1cnn(-c2ccccc2)c1. The lowest BCUT2D eigenvalue weighted by Gasteiger charge is -2.04. The van der Waals surface area contributed by atoms with E-state index in [-0.39, 0.29) is 12.6 Å². The molecule has 0 aliphatic carbocycles. The fraction of sp³-hybridized carbons (Fsp3) is 0.125. The van der Waals surface area contributed by atoms with Crippen LogP contribution in [-0.2, 0) is 18.4 Å². The highest BCUT2D eigenvalue weighted by atomic mass is 16.5. The number of carbonyl (C=O) groups excluding carboxylic acids is 1. The second-order valence-electron chi connectivity index (χ2n) is 4.71. The highest BCUT2D eigenvalue weighted by Gasteiger charge is 2.11. The minimum absolute atomic E-state index is 0.205. The van der Waals surface area contributed by atoms with Crippen LogP contribution in [0.15, 0.2) is 61.1 Å². The van der Waals surface area contributed by atoms with Gasteiger partial charge in [-0.15, -0.1) is 0 Å². The molecule has 5 heteroatoms. The maximum atomic E-state index is 11.9. The Hall–Kier alpha value is -2.82. The van der Waals surface area contributed by atoms with Crippen LogP contribution in [0.1, 0.15) is 16.1 Å². The van der Waals surface area contributed by atoms with E-state index in [4.69, 9.17) is 4.74 Å². The molecule has 0 unspecified atom stereocenters. The van der Waals surface area contributed by atoms with Crippen molar-refractivity contribution in [1.29, 1.82) is 0 Å². The van der Waals surface area contributed by atoms with Crippen molar-refractivity contribution in [3.8, 4) is 5.69 Å². The molecular formula is C16H15N3O2. The first-order valence-electron chi connectivity index (χ1n) is 6.61. The van der Waals surface area contributed by atoms with Crippen LogP contribution in [0.5, 0.6) is 0 Å². The molecule has 0 amide bonds. The fourth-order valence-corrected chi connectivity index (χ4v) is 2.05. The summed E-state index contributed by atoms with van der Waals surface area (Å²) in [5, 5.41) is 4.26. The molecule has 0 atom stereocenters. The molecule has 0 bridgehead atoms. The van der Waals surface area contributed by atoms with E-state index in [1.54, 1.807) is 21.5 Å². The molecule has 0 N–H and O–H groups in total. The van der Waals surface area contributed by atoms with Crippen molar-refractivity contribution in [1.82, 2.24) is 14.3 Å². The van der Waals surface area contributed by atoms with Crippen molar-refractivity contribution in [2.24, 2.45) is 7.05 Å². The number of carbonyl (C=O) groups is 1. The van der Waals surface area contributed by atoms with Gasteiger partial charge in [-0.1, -0.05) is 18.2 Å². The summed E-state index contributed by atoms with van der Waals surface area (Å²) in [7, 11) is 1.81. The first-order chi connectivity index (χ1) is 10.2. The molecule has 0 saturated heterocycles. The summed E-state index contributed by atoms with van der Waals surface area (Å²) in [6.45, 7) is 0.205. The summed E-state index contributed by atoms with van der Waals surface area (Å²) in [6.07, 6.45) is 5.36. The minimum atomic E-state index is -0.338. The van der Waals surface area contributed by atoms with E-state index in [1.807, 2.05) is 55.8 Å². The molecule has 0 fully saturated rings. The molecule has 3 aromatic rings. The van der Waals surface area contributed by atoms with Gasteiger partial charge in [0.15, 0.2) is 0 Å². The van der Waals surface area contributed by atoms with E-state index < -0.39 is 0 Å². The molecule has 2 aromatic heterocycles. The second-order valence-corrected chi connectivity index (χ2v) is 4.71. The van der Waals surface area contributed by atoms with Gasteiger partial charge in [-0.2, -0.15) is 5.10 Å². The smallest absolute Gasteiger partial charge is 0.355 e. The van der Waals surface area contributed by atoms with Gasteiger partial charge in [-0.05, 0) is 24.3 Å². The van der Waals surface area contributed by atoms with E-state index in [0.717, 1.165) is 11.3 Å². The summed E-state index contributed by atoms with van der Waals surface area (Å²) in [5.74, 6) is -0.338. The third-order valence-corrected chi connectivity index (χ3v) is 3.18. The maximum absolute atomic E-state index is 11.9. The van der Waals surface area contributed by atoms with Gasteiger partial charge in [0.1, 0.15) is 12.3 Å². The molecular weight excluding hydrogens is 266 g/mol. The molecule has 5 nitrogen and oxygen atoms in total. The Kier molecular flexibility index (Phi) is 3.55. The van der Waals surface area contributed by atoms with E-state index in [9.17, 15) is 4.79 Å². The molecule has 3 rings (SSSR count). The Bertz CT molecular complexity index is 744. The van der Waals surface area contributed by atoms with Crippen molar-refractivity contribution in [3.05, 3.63) is 72.3 Å². The Labute approximate surface area is 122 Å². The Morgan fingerprint density at radius 1 is 1.19 bits per heavy atom. The van der Waals surface area contributed by atoms with E-state index in [1.165, 1.54) is 0 Å². The number of esters is 1. The monoisotopic (exact) mass is 281 g/mol. The molecule has 0 radical (unpaired) electrons. The van der Waals surface area contributed by atoms with Gasteiger partial charge in [0.25, 0.3) is 0 Å². The number of aromatic nitrogens is 3. The van der Waals surface area contributed by atoms with Crippen molar-refractivity contribution < 1.29 is 9.53 Å². The van der Waals surface area contributed by atoms with Gasteiger partial charge in [-0.25, -0.2) is 9.48 Å². The normalized spacial score (nSPS) is 10.5. The summed E-state index contributed by atoms with van der Waals surface area (Å²) in [5.41, 5.74) is 2.35. The third-order valence-electron chi connectivity index (χ3n) is 3.18. The van der Waals surface area contributed by atoms with Crippen LogP contribution in [-0.4, -0.2) is 20.3 Å². The predicted octanol–water partition coefficient (Wildman–Crippen LogP) is 2.57. The fourth-order valence-electron chi connectivity index (χ4n) is 2.05. The van der Waals surface area contributed by atoms with Crippen LogP contribution in [0.4, 0.5) is 0 Å². The Morgan fingerprint density at radius 3 is 2.71 bits per heavy atom. The molecule has 0 aliphatic rings. The van der Waals surface area contributed by atoms with Crippen molar-refractivity contribution >= 4 is 5.97 Å². The molecule has 0 saturated carbocycles. The zero-order valence-electron chi connectivity index (χ0n) is 11.6. The molecule has 21 heavy (non-hydrogen) atoms. The summed E-state index contributed by atoms with van der Waals surface area (Å²) >= 11 is 0. The third kappa shape index (κ3) is 2.86. The molecule has 0 aliphatic heterocycles. The van der Waals surface area contributed by atoms with Gasteiger partial charge >= 0.3 is 5.97 Å². The summed E-state index contributed by atoms with van der Waals surface area (Å²) in [6, 6.07) is 13.3. The highest BCUT2D eigenvalue weighted by Crippen LogP contribution is 2.10. The van der Waals surface area contributed by atoms with Gasteiger partial charge in [0.05, 0.1) is 11.9 Å². The Balaban J connectivity index is 1.66. The standard InChI is InChI=1S/C16H15N3O2/c1-18-9-5-8-15(18)16(20)21-12-13-10-17-19(11-13)14-6-3-2-4-7-14/h2-11H,12H2,1H3. The quantitative estimate of drug-likeness (QED) is 0.691. The number of aryl methyl sites for hydroxylation is 1. The van der Waals surface area contributed by atoms with Crippen LogP contribution in [0.3, 0.4) is 0 Å². The predicted molar refractivity (Wildman–Crippen MR) is 78.1 cm³/mol. The first-order valence-corrected chi connectivity index (χ1v) is 6.61. The number of ether oxygens (including phenoxy) is 1. The minimum Gasteiger partial charge on any atom is -0.456 e. The molecule has 106 valence electrons. The lowest BCUT2D eigenvalue weighted by atomic mass is 10.3. The molecule has 1 aromatic carbocycles. The molecule has 2 heterocycles. The van der Waals surface area contributed by atoms with E-state index in [2.05, 4.69) is 5.10 Å². The number of hydrogen-bond donors (Lipinski definition) is 0. The van der Waals surface area contributed by atoms with Crippen LogP contribution in [0.2, 0.25) is 0 Å². The maximum Gasteiger partial charge on any atom is 0.355 e. The van der Waals surface area contributed by atoms with Crippen LogP contribution in [0, 0.1) is 0 Å². The van der Waals surface area contributed by atoms with Gasteiger partial charge in [0, 0.05) is 25.0 Å². The van der Waals surface area contributed by atoms with Crippen molar-refractivity contribution in [2.75, 3.05) is 0 Å². The van der Waals surface area contributed by atoms with Crippen molar-refractivity contribution in [3.63, 3.8) is 0 Å². The lowest BCUT2D eigenvalue weighted by molar-refractivity contribution is 0.0461. The van der Waals surface area contributed by atoms with Crippen molar-refractivity contribution in [2.45, 2.75) is 6.61 Å². The van der Waals surface area contributed by atoms with Crippen LogP contribution >= 0.6 is 0 Å². The number of nitrogens with zero attached hydrogens (tertiary/aromatic N) is 3. The summed E-state index contributed by atoms with van der Waals surface area (Å²) < 4.78 is 8.78. The number of para-hydroxylation sites is 1. The average Bonchev–Trinajstić information content (AvgIpc) is 3.15. The number of rotatable bonds is 4. The largest absolute Gasteiger partial charge is 0.456 e.